The van der Waals surface area contributed by atoms with Gasteiger partial charge in [-0.05, 0) is 37.0 Å². The molecule has 2 aromatic rings. The zero-order valence-corrected chi connectivity index (χ0v) is 13.0. The topological polar surface area (TPSA) is 84.4 Å². The van der Waals surface area contributed by atoms with Crippen molar-refractivity contribution in [2.75, 3.05) is 24.3 Å². The molecule has 1 saturated carbocycles. The van der Waals surface area contributed by atoms with E-state index in [0.29, 0.717) is 23.9 Å². The molecule has 1 aliphatic carbocycles. The van der Waals surface area contributed by atoms with Gasteiger partial charge < -0.3 is 20.4 Å². The summed E-state index contributed by atoms with van der Waals surface area (Å²) in [6.45, 7) is 0. The number of aromatic nitrogens is 1. The lowest BCUT2D eigenvalue weighted by Crippen LogP contribution is -2.28. The highest BCUT2D eigenvalue weighted by Crippen LogP contribution is 2.28. The fraction of sp³-hybridized carbons (Fsp3) is 0.500. The van der Waals surface area contributed by atoms with Crippen molar-refractivity contribution in [2.24, 2.45) is 11.7 Å². The van der Waals surface area contributed by atoms with E-state index in [9.17, 15) is 4.79 Å². The second kappa shape index (κ2) is 5.96. The van der Waals surface area contributed by atoms with Crippen molar-refractivity contribution in [2.45, 2.75) is 31.7 Å². The number of oxazole rings is 1. The quantitative estimate of drug-likeness (QED) is 0.905. The zero-order chi connectivity index (χ0) is 15.7. The molecule has 3 rings (SSSR count). The highest BCUT2D eigenvalue weighted by molar-refractivity contribution is 5.93. The van der Waals surface area contributed by atoms with Gasteiger partial charge in [-0.25, -0.2) is 0 Å². The minimum Gasteiger partial charge on any atom is -0.423 e. The first-order chi connectivity index (χ1) is 10.5. The molecular weight excluding hydrogens is 280 g/mol. The van der Waals surface area contributed by atoms with Crippen molar-refractivity contribution in [3.63, 3.8) is 0 Å². The summed E-state index contributed by atoms with van der Waals surface area (Å²) in [4.78, 5) is 18.3. The Morgan fingerprint density at radius 3 is 2.95 bits per heavy atom. The molecule has 2 atom stereocenters. The second-order valence-corrected chi connectivity index (χ2v) is 6.18. The lowest BCUT2D eigenvalue weighted by Gasteiger charge is -2.14. The van der Waals surface area contributed by atoms with Crippen molar-refractivity contribution in [1.82, 2.24) is 4.98 Å². The Morgan fingerprint density at radius 2 is 2.27 bits per heavy atom. The van der Waals surface area contributed by atoms with E-state index in [2.05, 4.69) is 10.3 Å². The third-order valence-corrected chi connectivity index (χ3v) is 4.21. The van der Waals surface area contributed by atoms with Gasteiger partial charge in [-0.2, -0.15) is 4.98 Å². The number of fused-ring (bicyclic) bond motifs is 1. The fourth-order valence-corrected chi connectivity index (χ4v) is 2.95. The van der Waals surface area contributed by atoms with Crippen molar-refractivity contribution in [3.8, 4) is 0 Å². The van der Waals surface area contributed by atoms with Crippen LogP contribution in [-0.4, -0.2) is 31.0 Å². The molecule has 1 aromatic carbocycles. The van der Waals surface area contributed by atoms with Crippen LogP contribution in [0.5, 0.6) is 0 Å². The Bertz CT molecular complexity index is 680. The molecule has 0 aliphatic heterocycles. The normalized spacial score (nSPS) is 21.2. The van der Waals surface area contributed by atoms with Gasteiger partial charge in [0.1, 0.15) is 5.52 Å². The number of rotatable bonds is 4. The van der Waals surface area contributed by atoms with Gasteiger partial charge in [-0.3, -0.25) is 4.79 Å². The van der Waals surface area contributed by atoms with Gasteiger partial charge in [0.05, 0.1) is 0 Å². The Balaban J connectivity index is 1.69. The van der Waals surface area contributed by atoms with Gasteiger partial charge in [0, 0.05) is 32.2 Å². The minimum atomic E-state index is 0.0121. The first kappa shape index (κ1) is 14.8. The molecule has 6 heteroatoms. The van der Waals surface area contributed by atoms with Crippen molar-refractivity contribution < 1.29 is 9.21 Å². The molecule has 1 amide bonds. The summed E-state index contributed by atoms with van der Waals surface area (Å²) >= 11 is 0. The number of hydrogen-bond donors (Lipinski definition) is 2. The second-order valence-electron chi connectivity index (χ2n) is 6.18. The van der Waals surface area contributed by atoms with Crippen LogP contribution < -0.4 is 16.0 Å². The van der Waals surface area contributed by atoms with E-state index in [1.165, 1.54) is 0 Å². The van der Waals surface area contributed by atoms with Crippen molar-refractivity contribution in [3.05, 3.63) is 18.2 Å². The molecule has 0 spiro atoms. The maximum atomic E-state index is 12.1. The van der Waals surface area contributed by atoms with Gasteiger partial charge in [-0.15, -0.1) is 0 Å². The van der Waals surface area contributed by atoms with Gasteiger partial charge in [0.25, 0.3) is 6.01 Å². The highest BCUT2D eigenvalue weighted by atomic mass is 16.4. The largest absolute Gasteiger partial charge is 0.423 e. The summed E-state index contributed by atoms with van der Waals surface area (Å²) in [7, 11) is 3.75. The summed E-state index contributed by atoms with van der Waals surface area (Å²) in [5.74, 6) is 0.314. The predicted molar refractivity (Wildman–Crippen MR) is 86.9 cm³/mol. The molecule has 0 radical (unpaired) electrons. The Hall–Kier alpha value is -2.08. The van der Waals surface area contributed by atoms with Crippen LogP contribution in [0.2, 0.25) is 0 Å². The van der Waals surface area contributed by atoms with E-state index >= 15 is 0 Å². The first-order valence-corrected chi connectivity index (χ1v) is 7.66. The van der Waals surface area contributed by atoms with Gasteiger partial charge in [-0.1, -0.05) is 6.42 Å². The van der Waals surface area contributed by atoms with Crippen LogP contribution in [0.15, 0.2) is 22.6 Å². The van der Waals surface area contributed by atoms with Crippen LogP contribution in [0.4, 0.5) is 11.7 Å². The third-order valence-electron chi connectivity index (χ3n) is 4.21. The summed E-state index contributed by atoms with van der Waals surface area (Å²) in [5, 5.41) is 2.93. The number of amides is 1. The number of nitrogens with two attached hydrogens (primary N) is 1. The lowest BCUT2D eigenvalue weighted by molar-refractivity contribution is -0.117. The number of nitrogens with zero attached hydrogens (tertiary/aromatic N) is 2. The van der Waals surface area contributed by atoms with E-state index in [0.717, 1.165) is 30.5 Å². The smallest absolute Gasteiger partial charge is 0.297 e. The summed E-state index contributed by atoms with van der Waals surface area (Å²) in [6.07, 6.45) is 3.68. The minimum absolute atomic E-state index is 0.0121. The number of anilines is 2. The van der Waals surface area contributed by atoms with Crippen molar-refractivity contribution in [1.29, 1.82) is 0 Å². The van der Waals surface area contributed by atoms with E-state index in [1.807, 2.05) is 32.3 Å². The number of carbonyl (C=O) groups is 1. The zero-order valence-electron chi connectivity index (χ0n) is 13.0. The van der Waals surface area contributed by atoms with Gasteiger partial charge in [0.2, 0.25) is 5.91 Å². The molecule has 0 bridgehead atoms. The van der Waals surface area contributed by atoms with Crippen LogP contribution in [0.1, 0.15) is 25.7 Å². The molecule has 1 aliphatic rings. The van der Waals surface area contributed by atoms with E-state index in [1.54, 1.807) is 4.90 Å². The standard InChI is InChI=1S/C16H22N4O2/c1-20(2)16-19-13-9-11(6-7-14(13)22-16)18-15(21)8-10-4-3-5-12(10)17/h6-7,9-10,12H,3-5,8,17H2,1-2H3,(H,18,21)/t10-,12+/m0/s1. The predicted octanol–water partition coefficient (Wildman–Crippen LogP) is 2.35. The van der Waals surface area contributed by atoms with E-state index in [4.69, 9.17) is 10.2 Å². The molecule has 22 heavy (non-hydrogen) atoms. The highest BCUT2D eigenvalue weighted by Gasteiger charge is 2.26. The van der Waals surface area contributed by atoms with Gasteiger partial charge in [0.15, 0.2) is 5.58 Å². The summed E-state index contributed by atoms with van der Waals surface area (Å²) in [6, 6.07) is 6.20. The average molecular weight is 302 g/mol. The maximum Gasteiger partial charge on any atom is 0.297 e. The molecule has 1 aromatic heterocycles. The Labute approximate surface area is 129 Å². The molecule has 0 unspecified atom stereocenters. The number of benzene rings is 1. The number of nitrogens with one attached hydrogen (secondary N) is 1. The first-order valence-electron chi connectivity index (χ1n) is 7.66. The molecule has 1 fully saturated rings. The third kappa shape index (κ3) is 3.06. The van der Waals surface area contributed by atoms with Crippen LogP contribution in [-0.2, 0) is 4.79 Å². The molecular formula is C16H22N4O2. The molecule has 6 nitrogen and oxygen atoms in total. The summed E-state index contributed by atoms with van der Waals surface area (Å²) in [5.41, 5.74) is 8.20. The fourth-order valence-electron chi connectivity index (χ4n) is 2.95. The molecule has 0 saturated heterocycles. The summed E-state index contributed by atoms with van der Waals surface area (Å²) < 4.78 is 5.60. The Morgan fingerprint density at radius 1 is 1.45 bits per heavy atom. The SMILES string of the molecule is CN(C)c1nc2cc(NC(=O)C[C@@H]3CCC[C@H]3N)ccc2o1. The monoisotopic (exact) mass is 302 g/mol. The lowest BCUT2D eigenvalue weighted by atomic mass is 10.00. The van der Waals surface area contributed by atoms with Crippen LogP contribution in [0.3, 0.4) is 0 Å². The Kier molecular flexibility index (Phi) is 4.02. The molecule has 3 N–H and O–H groups in total. The van der Waals surface area contributed by atoms with Crippen LogP contribution >= 0.6 is 0 Å². The van der Waals surface area contributed by atoms with E-state index < -0.39 is 0 Å². The van der Waals surface area contributed by atoms with Crippen LogP contribution in [0.25, 0.3) is 11.1 Å². The average Bonchev–Trinajstić information content (AvgIpc) is 3.05. The van der Waals surface area contributed by atoms with Crippen LogP contribution in [0, 0.1) is 5.92 Å². The number of carbonyl (C=O) groups excluding carboxylic acids is 1. The number of hydrogen-bond acceptors (Lipinski definition) is 5. The molecule has 118 valence electrons. The maximum absolute atomic E-state index is 12.1. The van der Waals surface area contributed by atoms with Crippen molar-refractivity contribution >= 4 is 28.7 Å². The van der Waals surface area contributed by atoms with E-state index in [-0.39, 0.29) is 11.9 Å². The molecule has 1 heterocycles. The van der Waals surface area contributed by atoms with Gasteiger partial charge >= 0.3 is 0 Å².